The van der Waals surface area contributed by atoms with Gasteiger partial charge >= 0.3 is 0 Å². The first kappa shape index (κ1) is 25.5. The van der Waals surface area contributed by atoms with E-state index in [0.717, 1.165) is 54.2 Å². The molecule has 3 rings (SSSR count). The van der Waals surface area contributed by atoms with E-state index >= 15 is 0 Å². The molecule has 8 heteroatoms. The predicted molar refractivity (Wildman–Crippen MR) is 133 cm³/mol. The number of nitriles is 1. The van der Waals surface area contributed by atoms with Gasteiger partial charge in [0.1, 0.15) is 17.1 Å². The van der Waals surface area contributed by atoms with E-state index in [1.165, 1.54) is 5.69 Å². The van der Waals surface area contributed by atoms with Gasteiger partial charge in [0.05, 0.1) is 18.8 Å². The fourth-order valence-corrected chi connectivity index (χ4v) is 4.72. The highest BCUT2D eigenvalue weighted by Crippen LogP contribution is 2.27. The lowest BCUT2D eigenvalue weighted by molar-refractivity contribution is -0.218. The number of hydrogen-bond donors (Lipinski definition) is 4. The lowest BCUT2D eigenvalue weighted by Crippen LogP contribution is -2.52. The molecule has 0 amide bonds. The van der Waals surface area contributed by atoms with E-state index in [-0.39, 0.29) is 13.0 Å². The first-order valence-corrected chi connectivity index (χ1v) is 12.3. The van der Waals surface area contributed by atoms with Crippen molar-refractivity contribution in [2.45, 2.75) is 57.6 Å². The Morgan fingerprint density at radius 2 is 1.88 bits per heavy atom. The van der Waals surface area contributed by atoms with Crippen LogP contribution in [-0.2, 0) is 4.74 Å². The summed E-state index contributed by atoms with van der Waals surface area (Å²) in [4.78, 5) is 2.83. The molecule has 0 aromatic heterocycles. The van der Waals surface area contributed by atoms with E-state index < -0.39 is 24.5 Å². The minimum Gasteiger partial charge on any atom is -0.394 e. The smallest absolute Gasteiger partial charge is 0.171 e. The summed E-state index contributed by atoms with van der Waals surface area (Å²) in [6.45, 7) is 6.10. The van der Waals surface area contributed by atoms with Crippen molar-refractivity contribution in [3.8, 4) is 6.07 Å². The molecule has 4 atom stereocenters. The molecule has 0 aliphatic carbocycles. The number of aliphatic hydroxyl groups excluding tert-OH is 3. The van der Waals surface area contributed by atoms with Crippen LogP contribution in [0.3, 0.4) is 0 Å². The first-order chi connectivity index (χ1) is 16.0. The van der Waals surface area contributed by atoms with Crippen molar-refractivity contribution in [1.29, 1.82) is 5.26 Å². The van der Waals surface area contributed by atoms with Gasteiger partial charge in [-0.05, 0) is 71.8 Å². The quantitative estimate of drug-likeness (QED) is 0.308. The van der Waals surface area contributed by atoms with E-state index in [4.69, 9.17) is 4.74 Å². The van der Waals surface area contributed by atoms with Crippen molar-refractivity contribution in [3.63, 3.8) is 0 Å². The van der Waals surface area contributed by atoms with Gasteiger partial charge in [0, 0.05) is 18.8 Å². The molecule has 1 heterocycles. The standard InChI is InChI=1S/C25H33N3O4S/c1-3-9-28(10-4-2)20-8-7-18-11-17(5-6-19(18)13-20)12-21(15-26)33-27-22-14-23(30)24(16-29)32-25(22)31/h5-8,11-13,22-25,27,29-31H,3-4,9-10,14,16H2,1-2H3/b21-12+/t22?,23?,24-,25?/m1/s1. The molecule has 0 radical (unpaired) electrons. The van der Waals surface area contributed by atoms with Crippen LogP contribution in [0.15, 0.2) is 41.3 Å². The third kappa shape index (κ3) is 6.70. The van der Waals surface area contributed by atoms with Gasteiger partial charge in [-0.15, -0.1) is 0 Å². The van der Waals surface area contributed by atoms with Crippen LogP contribution in [0.2, 0.25) is 0 Å². The Morgan fingerprint density at radius 1 is 1.18 bits per heavy atom. The molecule has 178 valence electrons. The molecule has 2 aromatic carbocycles. The van der Waals surface area contributed by atoms with Crippen LogP contribution in [0.4, 0.5) is 5.69 Å². The number of anilines is 1. The monoisotopic (exact) mass is 471 g/mol. The Kier molecular flexibility index (Phi) is 9.56. The van der Waals surface area contributed by atoms with Crippen LogP contribution in [-0.4, -0.2) is 59.6 Å². The summed E-state index contributed by atoms with van der Waals surface area (Å²) >= 11 is 1.09. The van der Waals surface area contributed by atoms with Crippen molar-refractivity contribution in [2.24, 2.45) is 0 Å². The maximum absolute atomic E-state index is 10.1. The fourth-order valence-electron chi connectivity index (χ4n) is 3.99. The average Bonchev–Trinajstić information content (AvgIpc) is 2.82. The molecule has 1 fully saturated rings. The zero-order valence-electron chi connectivity index (χ0n) is 19.1. The lowest BCUT2D eigenvalue weighted by atomic mass is 10.0. The van der Waals surface area contributed by atoms with Gasteiger partial charge in [-0.2, -0.15) is 5.26 Å². The number of rotatable bonds is 10. The minimum atomic E-state index is -1.17. The number of hydrogen-bond acceptors (Lipinski definition) is 8. The Labute approximate surface area is 199 Å². The van der Waals surface area contributed by atoms with Gasteiger partial charge in [0.2, 0.25) is 0 Å². The second-order valence-corrected chi connectivity index (χ2v) is 9.16. The zero-order chi connectivity index (χ0) is 23.8. The number of nitrogens with zero attached hydrogens (tertiary/aromatic N) is 2. The molecule has 0 spiro atoms. The number of benzene rings is 2. The number of allylic oxidation sites excluding steroid dienone is 1. The summed E-state index contributed by atoms with van der Waals surface area (Å²) in [5.41, 5.74) is 2.13. The second-order valence-electron chi connectivity index (χ2n) is 8.28. The van der Waals surface area contributed by atoms with Gasteiger partial charge in [-0.3, -0.25) is 4.72 Å². The van der Waals surface area contributed by atoms with E-state index in [1.807, 2.05) is 6.07 Å². The molecule has 0 saturated carbocycles. The van der Waals surface area contributed by atoms with Gasteiger partial charge in [-0.1, -0.05) is 32.0 Å². The third-order valence-corrected chi connectivity index (χ3v) is 6.54. The van der Waals surface area contributed by atoms with Crippen LogP contribution < -0.4 is 9.62 Å². The average molecular weight is 472 g/mol. The number of fused-ring (bicyclic) bond motifs is 1. The van der Waals surface area contributed by atoms with Crippen LogP contribution in [0.1, 0.15) is 38.7 Å². The maximum Gasteiger partial charge on any atom is 0.171 e. The SMILES string of the molecule is CCCN(CCC)c1ccc2cc(/C=C(\C#N)SNC3CC(O)[C@@H](CO)OC3O)ccc2c1. The number of nitrogens with one attached hydrogen (secondary N) is 1. The molecule has 1 aliphatic rings. The van der Waals surface area contributed by atoms with Crippen molar-refractivity contribution < 1.29 is 20.1 Å². The number of aliphatic hydroxyl groups is 3. The van der Waals surface area contributed by atoms with Gasteiger partial charge < -0.3 is 25.0 Å². The Balaban J connectivity index is 1.70. The van der Waals surface area contributed by atoms with E-state index in [2.05, 4.69) is 59.9 Å². The molecule has 3 unspecified atom stereocenters. The highest BCUT2D eigenvalue weighted by Gasteiger charge is 2.35. The zero-order valence-corrected chi connectivity index (χ0v) is 20.0. The van der Waals surface area contributed by atoms with Gasteiger partial charge in [-0.25, -0.2) is 0 Å². The topological polar surface area (TPSA) is 109 Å². The van der Waals surface area contributed by atoms with Crippen LogP contribution >= 0.6 is 11.9 Å². The van der Waals surface area contributed by atoms with Crippen molar-refractivity contribution in [1.82, 2.24) is 4.72 Å². The van der Waals surface area contributed by atoms with Crippen molar-refractivity contribution >= 4 is 34.5 Å². The summed E-state index contributed by atoms with van der Waals surface area (Å²) in [5, 5.41) is 41.1. The Bertz CT molecular complexity index is 987. The highest BCUT2D eigenvalue weighted by atomic mass is 32.2. The van der Waals surface area contributed by atoms with Gasteiger partial charge in [0.25, 0.3) is 0 Å². The van der Waals surface area contributed by atoms with Crippen LogP contribution in [0.5, 0.6) is 0 Å². The van der Waals surface area contributed by atoms with E-state index in [9.17, 15) is 20.6 Å². The molecular formula is C25H33N3O4S. The third-order valence-electron chi connectivity index (χ3n) is 5.69. The molecule has 7 nitrogen and oxygen atoms in total. The lowest BCUT2D eigenvalue weighted by Gasteiger charge is -2.36. The van der Waals surface area contributed by atoms with Crippen LogP contribution in [0, 0.1) is 11.3 Å². The first-order valence-electron chi connectivity index (χ1n) is 11.4. The molecule has 4 N–H and O–H groups in total. The second kappa shape index (κ2) is 12.4. The van der Waals surface area contributed by atoms with Gasteiger partial charge in [0.15, 0.2) is 6.29 Å². The van der Waals surface area contributed by atoms with E-state index in [0.29, 0.717) is 4.91 Å². The summed E-state index contributed by atoms with van der Waals surface area (Å²) < 4.78 is 8.23. The van der Waals surface area contributed by atoms with Crippen molar-refractivity contribution in [2.75, 3.05) is 24.6 Å². The van der Waals surface area contributed by atoms with E-state index in [1.54, 1.807) is 6.08 Å². The molecule has 0 bridgehead atoms. The predicted octanol–water partition coefficient (Wildman–Crippen LogP) is 3.40. The molecule has 1 aliphatic heterocycles. The molecule has 33 heavy (non-hydrogen) atoms. The minimum absolute atomic E-state index is 0.212. The Hall–Kier alpha value is -2.12. The maximum atomic E-state index is 10.1. The molecule has 1 saturated heterocycles. The summed E-state index contributed by atoms with van der Waals surface area (Å²) in [5.74, 6) is 0. The fraction of sp³-hybridized carbons (Fsp3) is 0.480. The highest BCUT2D eigenvalue weighted by molar-refractivity contribution is 8.01. The normalized spacial score (nSPS) is 23.5. The summed E-state index contributed by atoms with van der Waals surface area (Å²) in [6, 6.07) is 14.2. The largest absolute Gasteiger partial charge is 0.394 e. The summed E-state index contributed by atoms with van der Waals surface area (Å²) in [7, 11) is 0. The molecule has 2 aromatic rings. The van der Waals surface area contributed by atoms with Crippen LogP contribution in [0.25, 0.3) is 16.8 Å². The van der Waals surface area contributed by atoms with Crippen molar-refractivity contribution in [3.05, 3.63) is 46.9 Å². The Morgan fingerprint density at radius 3 is 2.55 bits per heavy atom. The number of ether oxygens (including phenoxy) is 1. The summed E-state index contributed by atoms with van der Waals surface area (Å²) in [6.07, 6.45) is 1.35. The molecular weight excluding hydrogens is 438 g/mol.